The number of hydrogen-bond donors (Lipinski definition) is 1. The fraction of sp³-hybridized carbons (Fsp3) is 0.682. The van der Waals surface area contributed by atoms with Gasteiger partial charge in [-0.05, 0) is 56.2 Å². The summed E-state index contributed by atoms with van der Waals surface area (Å²) in [5.74, 6) is 1.88. The Bertz CT molecular complexity index is 592. The van der Waals surface area contributed by atoms with E-state index < -0.39 is 0 Å². The maximum Gasteiger partial charge on any atom is 0.193 e. The molecule has 0 aromatic heterocycles. The molecule has 0 aliphatic carbocycles. The van der Waals surface area contributed by atoms with E-state index >= 15 is 0 Å². The van der Waals surface area contributed by atoms with E-state index in [0.717, 1.165) is 70.2 Å². The van der Waals surface area contributed by atoms with Crippen LogP contribution in [0.4, 0.5) is 0 Å². The fourth-order valence-corrected chi connectivity index (χ4v) is 3.86. The van der Waals surface area contributed by atoms with Crippen LogP contribution in [0.2, 0.25) is 0 Å². The van der Waals surface area contributed by atoms with Crippen LogP contribution in [0.3, 0.4) is 0 Å². The van der Waals surface area contributed by atoms with E-state index in [0.29, 0.717) is 12.2 Å². The minimum Gasteiger partial charge on any atom is -0.497 e. The molecule has 2 aliphatic rings. The third-order valence-electron chi connectivity index (χ3n) is 5.60. The van der Waals surface area contributed by atoms with E-state index in [9.17, 15) is 0 Å². The number of aliphatic imine (C=N–C) groups is 1. The molecule has 1 aromatic rings. The number of benzene rings is 1. The molecule has 0 bridgehead atoms. The van der Waals surface area contributed by atoms with E-state index in [2.05, 4.69) is 27.3 Å². The Balaban J connectivity index is 1.34. The summed E-state index contributed by atoms with van der Waals surface area (Å²) in [6.07, 6.45) is 7.31. The van der Waals surface area contributed by atoms with Crippen molar-refractivity contribution in [3.8, 4) is 5.75 Å². The number of likely N-dealkylation sites (tertiary alicyclic amines) is 1. The molecule has 2 saturated heterocycles. The molecule has 0 amide bonds. The van der Waals surface area contributed by atoms with E-state index in [1.54, 1.807) is 7.11 Å². The molecule has 1 N–H and O–H groups in total. The summed E-state index contributed by atoms with van der Waals surface area (Å²) in [5.41, 5.74) is 1.29. The third-order valence-corrected chi connectivity index (χ3v) is 5.60. The third kappa shape index (κ3) is 6.38. The molecule has 1 unspecified atom stereocenters. The highest BCUT2D eigenvalue weighted by Crippen LogP contribution is 2.18. The number of methoxy groups -OCH3 is 1. The standard InChI is InChI=1S/C22H35N3O3/c1-23-22(24-13-10-18-6-8-19(26-2)9-7-18)25-14-11-20(12-15-25)28-17-21-5-3-4-16-27-21/h6-9,20-21H,3-5,10-17H2,1-2H3,(H,23,24). The largest absolute Gasteiger partial charge is 0.497 e. The predicted molar refractivity (Wildman–Crippen MR) is 112 cm³/mol. The van der Waals surface area contributed by atoms with Crippen LogP contribution < -0.4 is 10.1 Å². The van der Waals surface area contributed by atoms with Crippen LogP contribution in [0, 0.1) is 0 Å². The molecule has 6 nitrogen and oxygen atoms in total. The van der Waals surface area contributed by atoms with Crippen molar-refractivity contribution in [1.82, 2.24) is 10.2 Å². The van der Waals surface area contributed by atoms with Gasteiger partial charge < -0.3 is 24.4 Å². The zero-order valence-electron chi connectivity index (χ0n) is 17.4. The van der Waals surface area contributed by atoms with E-state index in [1.165, 1.54) is 18.4 Å². The molecule has 28 heavy (non-hydrogen) atoms. The number of hydrogen-bond acceptors (Lipinski definition) is 4. The van der Waals surface area contributed by atoms with E-state index in [4.69, 9.17) is 14.2 Å². The van der Waals surface area contributed by atoms with Crippen LogP contribution in [0.15, 0.2) is 29.3 Å². The molecule has 2 heterocycles. The second-order valence-corrected chi connectivity index (χ2v) is 7.58. The summed E-state index contributed by atoms with van der Waals surface area (Å²) in [6.45, 7) is 4.48. The Morgan fingerprint density at radius 3 is 2.61 bits per heavy atom. The molecule has 1 aromatic carbocycles. The molecular weight excluding hydrogens is 354 g/mol. The van der Waals surface area contributed by atoms with Gasteiger partial charge >= 0.3 is 0 Å². The van der Waals surface area contributed by atoms with Gasteiger partial charge in [-0.3, -0.25) is 4.99 Å². The lowest BCUT2D eigenvalue weighted by Gasteiger charge is -2.35. The quantitative estimate of drug-likeness (QED) is 0.574. The maximum atomic E-state index is 6.12. The van der Waals surface area contributed by atoms with Crippen LogP contribution in [-0.4, -0.2) is 70.1 Å². The topological polar surface area (TPSA) is 55.3 Å². The number of piperidine rings is 1. The summed E-state index contributed by atoms with van der Waals surface area (Å²) in [7, 11) is 3.55. The molecule has 0 saturated carbocycles. The average Bonchev–Trinajstić information content (AvgIpc) is 2.77. The predicted octanol–water partition coefficient (Wildman–Crippen LogP) is 2.86. The van der Waals surface area contributed by atoms with Gasteiger partial charge in [-0.15, -0.1) is 0 Å². The first-order valence-electron chi connectivity index (χ1n) is 10.6. The highest BCUT2D eigenvalue weighted by atomic mass is 16.5. The molecule has 6 heteroatoms. The number of nitrogens with one attached hydrogen (secondary N) is 1. The number of rotatable bonds is 7. The Labute approximate surface area is 169 Å². The monoisotopic (exact) mass is 389 g/mol. The minimum atomic E-state index is 0.305. The Hall–Kier alpha value is -1.79. The molecule has 1 atom stereocenters. The molecular formula is C22H35N3O3. The molecule has 2 aliphatic heterocycles. The lowest BCUT2D eigenvalue weighted by molar-refractivity contribution is -0.0721. The van der Waals surface area contributed by atoms with Crippen molar-refractivity contribution in [2.75, 3.05) is 47.0 Å². The van der Waals surface area contributed by atoms with Gasteiger partial charge in [-0.25, -0.2) is 0 Å². The summed E-state index contributed by atoms with van der Waals surface area (Å²) >= 11 is 0. The van der Waals surface area contributed by atoms with Crippen LogP contribution in [0.1, 0.15) is 37.7 Å². The number of guanidine groups is 1. The van der Waals surface area contributed by atoms with Crippen LogP contribution in [0.25, 0.3) is 0 Å². The number of nitrogens with zero attached hydrogens (tertiary/aromatic N) is 2. The van der Waals surface area contributed by atoms with Gasteiger partial charge in [-0.1, -0.05) is 12.1 Å². The molecule has 156 valence electrons. The molecule has 2 fully saturated rings. The minimum absolute atomic E-state index is 0.305. The van der Waals surface area contributed by atoms with Gasteiger partial charge in [0.15, 0.2) is 5.96 Å². The summed E-state index contributed by atoms with van der Waals surface area (Å²) in [5, 5.41) is 3.50. The Morgan fingerprint density at radius 1 is 1.18 bits per heavy atom. The fourth-order valence-electron chi connectivity index (χ4n) is 3.86. The van der Waals surface area contributed by atoms with Crippen molar-refractivity contribution in [1.29, 1.82) is 0 Å². The first-order chi connectivity index (χ1) is 13.8. The van der Waals surface area contributed by atoms with Crippen molar-refractivity contribution < 1.29 is 14.2 Å². The van der Waals surface area contributed by atoms with Crippen molar-refractivity contribution in [3.05, 3.63) is 29.8 Å². The molecule has 3 rings (SSSR count). The first kappa shape index (κ1) is 20.9. The van der Waals surface area contributed by atoms with Crippen LogP contribution in [0.5, 0.6) is 5.75 Å². The van der Waals surface area contributed by atoms with Gasteiger partial charge in [0.1, 0.15) is 5.75 Å². The smallest absolute Gasteiger partial charge is 0.193 e. The van der Waals surface area contributed by atoms with Gasteiger partial charge in [0.25, 0.3) is 0 Å². The van der Waals surface area contributed by atoms with Crippen LogP contribution in [-0.2, 0) is 15.9 Å². The second-order valence-electron chi connectivity index (χ2n) is 7.58. The van der Waals surface area contributed by atoms with Crippen molar-refractivity contribution >= 4 is 5.96 Å². The number of ether oxygens (including phenoxy) is 3. The highest BCUT2D eigenvalue weighted by molar-refractivity contribution is 5.79. The van der Waals surface area contributed by atoms with Gasteiger partial charge in [0.2, 0.25) is 0 Å². The normalized spacial score (nSPS) is 21.6. The Morgan fingerprint density at radius 2 is 1.96 bits per heavy atom. The first-order valence-corrected chi connectivity index (χ1v) is 10.6. The average molecular weight is 390 g/mol. The zero-order chi connectivity index (χ0) is 19.6. The van der Waals surface area contributed by atoms with Crippen molar-refractivity contribution in [2.24, 2.45) is 4.99 Å². The SMILES string of the molecule is CN=C(NCCc1ccc(OC)cc1)N1CCC(OCC2CCCCO2)CC1. The lowest BCUT2D eigenvalue weighted by atomic mass is 10.1. The van der Waals surface area contributed by atoms with Gasteiger partial charge in [0.05, 0.1) is 25.9 Å². The lowest BCUT2D eigenvalue weighted by Crippen LogP contribution is -2.47. The van der Waals surface area contributed by atoms with Crippen molar-refractivity contribution in [3.63, 3.8) is 0 Å². The van der Waals surface area contributed by atoms with E-state index in [-0.39, 0.29) is 0 Å². The van der Waals surface area contributed by atoms with Crippen molar-refractivity contribution in [2.45, 2.75) is 50.7 Å². The summed E-state index contributed by atoms with van der Waals surface area (Å²) < 4.78 is 17.1. The maximum absolute atomic E-state index is 6.12. The summed E-state index contributed by atoms with van der Waals surface area (Å²) in [6, 6.07) is 8.24. The van der Waals surface area contributed by atoms with Gasteiger partial charge in [0, 0.05) is 33.3 Å². The second kappa shape index (κ2) is 11.3. The molecule has 0 radical (unpaired) electrons. The van der Waals surface area contributed by atoms with Crippen LogP contribution >= 0.6 is 0 Å². The molecule has 0 spiro atoms. The van der Waals surface area contributed by atoms with Gasteiger partial charge in [-0.2, -0.15) is 0 Å². The Kier molecular flexibility index (Phi) is 8.42. The highest BCUT2D eigenvalue weighted by Gasteiger charge is 2.23. The summed E-state index contributed by atoms with van der Waals surface area (Å²) in [4.78, 5) is 6.80. The zero-order valence-corrected chi connectivity index (χ0v) is 17.4. The van der Waals surface area contributed by atoms with E-state index in [1.807, 2.05) is 19.2 Å².